The highest BCUT2D eigenvalue weighted by atomic mass is 16.6. The number of aromatic nitrogens is 1. The van der Waals surface area contributed by atoms with Crippen LogP contribution in [0.25, 0.3) is 0 Å². The van der Waals surface area contributed by atoms with E-state index in [2.05, 4.69) is 10.3 Å². The van der Waals surface area contributed by atoms with Gasteiger partial charge in [0.2, 0.25) is 5.91 Å². The average molecular weight is 454 g/mol. The van der Waals surface area contributed by atoms with Crippen molar-refractivity contribution in [2.45, 2.75) is 57.6 Å². The van der Waals surface area contributed by atoms with E-state index in [1.54, 1.807) is 17.3 Å². The Morgan fingerprint density at radius 3 is 2.48 bits per heavy atom. The smallest absolute Gasteiger partial charge is 0.410 e. The van der Waals surface area contributed by atoms with Gasteiger partial charge in [-0.2, -0.15) is 0 Å². The summed E-state index contributed by atoms with van der Waals surface area (Å²) in [4.78, 5) is 31.9. The highest BCUT2D eigenvalue weighted by Crippen LogP contribution is 2.35. The van der Waals surface area contributed by atoms with E-state index < -0.39 is 11.0 Å². The maximum absolute atomic E-state index is 13.3. The zero-order valence-electron chi connectivity index (χ0n) is 19.9. The molecule has 1 fully saturated rings. The Balaban J connectivity index is 1.60. The standard InChI is InChI=1S/C26H35N3O4/c1-25(2,3)33-24(31)29(20-21-9-7-14-27-19-21)16-8-15-28-23(30)26(12-17-32-18-13-26)22-10-5-4-6-11-22/h4-7,9-11,14,19H,8,12-13,15-18,20H2,1-3H3,(H,28,30). The fourth-order valence-electron chi connectivity index (χ4n) is 4.04. The van der Waals surface area contributed by atoms with Crippen molar-refractivity contribution < 1.29 is 19.1 Å². The molecule has 2 aromatic rings. The zero-order chi connectivity index (χ0) is 23.7. The van der Waals surface area contributed by atoms with E-state index in [4.69, 9.17) is 9.47 Å². The van der Waals surface area contributed by atoms with Crippen molar-refractivity contribution in [2.75, 3.05) is 26.3 Å². The van der Waals surface area contributed by atoms with Crippen LogP contribution in [0, 0.1) is 0 Å². The van der Waals surface area contributed by atoms with E-state index in [1.807, 2.05) is 63.2 Å². The molecule has 0 saturated carbocycles. The number of nitrogens with zero attached hydrogens (tertiary/aromatic N) is 2. The van der Waals surface area contributed by atoms with Crippen molar-refractivity contribution in [3.63, 3.8) is 0 Å². The minimum atomic E-state index is -0.580. The van der Waals surface area contributed by atoms with Crippen molar-refractivity contribution in [3.8, 4) is 0 Å². The van der Waals surface area contributed by atoms with Crippen LogP contribution in [0.1, 0.15) is 51.2 Å². The first-order valence-corrected chi connectivity index (χ1v) is 11.6. The molecule has 0 aliphatic carbocycles. The van der Waals surface area contributed by atoms with E-state index in [0.717, 1.165) is 11.1 Å². The van der Waals surface area contributed by atoms with Crippen LogP contribution >= 0.6 is 0 Å². The van der Waals surface area contributed by atoms with Gasteiger partial charge in [-0.3, -0.25) is 9.78 Å². The van der Waals surface area contributed by atoms with Crippen LogP contribution in [-0.4, -0.2) is 53.8 Å². The topological polar surface area (TPSA) is 80.8 Å². The van der Waals surface area contributed by atoms with Gasteiger partial charge in [0.25, 0.3) is 0 Å². The molecular weight excluding hydrogens is 418 g/mol. The van der Waals surface area contributed by atoms with Gasteiger partial charge < -0.3 is 19.7 Å². The van der Waals surface area contributed by atoms with Crippen LogP contribution < -0.4 is 5.32 Å². The molecule has 1 saturated heterocycles. The Hall–Kier alpha value is -2.93. The van der Waals surface area contributed by atoms with Gasteiger partial charge in [0.1, 0.15) is 5.60 Å². The monoisotopic (exact) mass is 453 g/mol. The number of amides is 2. The predicted octanol–water partition coefficient (Wildman–Crippen LogP) is 4.07. The number of hydrogen-bond acceptors (Lipinski definition) is 5. The van der Waals surface area contributed by atoms with Crippen molar-refractivity contribution in [3.05, 3.63) is 66.0 Å². The first-order chi connectivity index (χ1) is 15.8. The lowest BCUT2D eigenvalue weighted by atomic mass is 9.73. The van der Waals surface area contributed by atoms with E-state index in [-0.39, 0.29) is 12.0 Å². The van der Waals surface area contributed by atoms with Gasteiger partial charge in [-0.1, -0.05) is 36.4 Å². The molecule has 7 heteroatoms. The van der Waals surface area contributed by atoms with Crippen LogP contribution in [0.3, 0.4) is 0 Å². The third-order valence-electron chi connectivity index (χ3n) is 5.75. The Kier molecular flexibility index (Phi) is 8.44. The molecule has 1 N–H and O–H groups in total. The highest BCUT2D eigenvalue weighted by molar-refractivity contribution is 5.88. The van der Waals surface area contributed by atoms with Gasteiger partial charge in [-0.05, 0) is 57.2 Å². The van der Waals surface area contributed by atoms with Crippen LogP contribution in [-0.2, 0) is 26.2 Å². The summed E-state index contributed by atoms with van der Waals surface area (Å²) in [5.74, 6) is 0.0214. The number of carbonyl (C=O) groups is 2. The van der Waals surface area contributed by atoms with E-state index >= 15 is 0 Å². The molecule has 0 bridgehead atoms. The third-order valence-corrected chi connectivity index (χ3v) is 5.75. The van der Waals surface area contributed by atoms with Crippen molar-refractivity contribution in [1.82, 2.24) is 15.2 Å². The second-order valence-electron chi connectivity index (χ2n) is 9.43. The van der Waals surface area contributed by atoms with Crippen LogP contribution in [0.2, 0.25) is 0 Å². The molecule has 1 aromatic carbocycles. The summed E-state index contributed by atoms with van der Waals surface area (Å²) < 4.78 is 11.1. The van der Waals surface area contributed by atoms with E-state index in [9.17, 15) is 9.59 Å². The quantitative estimate of drug-likeness (QED) is 0.610. The molecule has 1 aromatic heterocycles. The molecule has 7 nitrogen and oxygen atoms in total. The molecule has 0 atom stereocenters. The summed E-state index contributed by atoms with van der Waals surface area (Å²) in [5.41, 5.74) is 0.805. The fourth-order valence-corrected chi connectivity index (χ4v) is 4.04. The van der Waals surface area contributed by atoms with Crippen LogP contribution in [0.5, 0.6) is 0 Å². The number of hydrogen-bond donors (Lipinski definition) is 1. The number of benzene rings is 1. The lowest BCUT2D eigenvalue weighted by Crippen LogP contribution is -2.48. The summed E-state index contributed by atoms with van der Waals surface area (Å²) in [6.45, 7) is 8.03. The molecule has 0 spiro atoms. The number of pyridine rings is 1. The zero-order valence-corrected chi connectivity index (χ0v) is 19.9. The Labute approximate surface area is 196 Å². The van der Waals surface area contributed by atoms with Crippen molar-refractivity contribution in [2.24, 2.45) is 0 Å². The van der Waals surface area contributed by atoms with Gasteiger partial charge in [0.05, 0.1) is 12.0 Å². The molecule has 1 aliphatic heterocycles. The summed E-state index contributed by atoms with van der Waals surface area (Å²) in [6, 6.07) is 13.7. The highest BCUT2D eigenvalue weighted by Gasteiger charge is 2.41. The molecule has 2 heterocycles. The molecule has 3 rings (SSSR count). The van der Waals surface area contributed by atoms with Gasteiger partial charge in [-0.25, -0.2) is 4.79 Å². The van der Waals surface area contributed by atoms with E-state index in [0.29, 0.717) is 52.1 Å². The van der Waals surface area contributed by atoms with E-state index in [1.165, 1.54) is 0 Å². The molecule has 33 heavy (non-hydrogen) atoms. The number of rotatable bonds is 8. The largest absolute Gasteiger partial charge is 0.444 e. The van der Waals surface area contributed by atoms with Crippen molar-refractivity contribution in [1.29, 1.82) is 0 Å². The minimum absolute atomic E-state index is 0.0214. The Morgan fingerprint density at radius 2 is 1.85 bits per heavy atom. The fraction of sp³-hybridized carbons (Fsp3) is 0.500. The lowest BCUT2D eigenvalue weighted by molar-refractivity contribution is -0.130. The summed E-state index contributed by atoms with van der Waals surface area (Å²) in [7, 11) is 0. The van der Waals surface area contributed by atoms with Gasteiger partial charge in [0, 0.05) is 38.7 Å². The minimum Gasteiger partial charge on any atom is -0.444 e. The Bertz CT molecular complexity index is 891. The maximum atomic E-state index is 13.3. The van der Waals surface area contributed by atoms with Gasteiger partial charge in [-0.15, -0.1) is 0 Å². The number of nitrogens with one attached hydrogen (secondary N) is 1. The third kappa shape index (κ3) is 7.02. The van der Waals surface area contributed by atoms with Gasteiger partial charge in [0.15, 0.2) is 0 Å². The Morgan fingerprint density at radius 1 is 1.12 bits per heavy atom. The SMILES string of the molecule is CC(C)(C)OC(=O)N(CCCNC(=O)C1(c2ccccc2)CCOCC1)Cc1cccnc1. The van der Waals surface area contributed by atoms with Crippen LogP contribution in [0.15, 0.2) is 54.9 Å². The number of ether oxygens (including phenoxy) is 2. The molecule has 0 unspecified atom stereocenters. The maximum Gasteiger partial charge on any atom is 0.410 e. The normalized spacial score (nSPS) is 15.5. The second-order valence-corrected chi connectivity index (χ2v) is 9.43. The summed E-state index contributed by atoms with van der Waals surface area (Å²) in [5, 5.41) is 3.11. The van der Waals surface area contributed by atoms with Crippen LogP contribution in [0.4, 0.5) is 4.79 Å². The molecule has 0 radical (unpaired) electrons. The van der Waals surface area contributed by atoms with Gasteiger partial charge >= 0.3 is 6.09 Å². The average Bonchev–Trinajstić information content (AvgIpc) is 2.81. The first kappa shape index (κ1) is 24.7. The summed E-state index contributed by atoms with van der Waals surface area (Å²) >= 11 is 0. The summed E-state index contributed by atoms with van der Waals surface area (Å²) in [6.07, 6.45) is 5.01. The number of carbonyl (C=O) groups excluding carboxylic acids is 2. The lowest BCUT2D eigenvalue weighted by Gasteiger charge is -2.36. The second kappa shape index (κ2) is 11.3. The first-order valence-electron chi connectivity index (χ1n) is 11.6. The molecule has 1 aliphatic rings. The van der Waals surface area contributed by atoms with Crippen molar-refractivity contribution >= 4 is 12.0 Å². The molecular formula is C26H35N3O4. The molecule has 178 valence electrons. The molecule has 2 amide bonds. The predicted molar refractivity (Wildman–Crippen MR) is 127 cm³/mol.